The van der Waals surface area contributed by atoms with E-state index in [1.165, 1.54) is 0 Å². The molecule has 0 saturated carbocycles. The molecule has 1 saturated heterocycles. The second-order valence-corrected chi connectivity index (χ2v) is 6.83. The topological polar surface area (TPSA) is 77.9 Å². The Morgan fingerprint density at radius 3 is 2.96 bits per heavy atom. The minimum Gasteiger partial charge on any atom is -0.388 e. The van der Waals surface area contributed by atoms with Crippen LogP contribution in [0.4, 0.5) is 5.82 Å². The summed E-state index contributed by atoms with van der Waals surface area (Å²) >= 11 is 0. The molecule has 1 unspecified atom stereocenters. The number of carbonyl (C=O) groups is 1. The van der Waals surface area contributed by atoms with Gasteiger partial charge in [-0.3, -0.25) is 9.69 Å². The second kappa shape index (κ2) is 9.12. The number of nitrogens with zero attached hydrogens (tertiary/aromatic N) is 3. The fourth-order valence-corrected chi connectivity index (χ4v) is 3.21. The molecule has 2 rings (SSSR count). The number of likely N-dealkylation sites (N-methyl/N-ethyl adjacent to an activating group) is 1. The zero-order chi connectivity index (χ0) is 18.3. The maximum absolute atomic E-state index is 11.6. The zero-order valence-electron chi connectivity index (χ0n) is 15.5. The van der Waals surface area contributed by atoms with E-state index in [1.54, 1.807) is 14.2 Å². The number of hydrogen-bond acceptors (Lipinski definition) is 6. The molecule has 1 fully saturated rings. The number of methoxy groups -OCH3 is 1. The van der Waals surface area contributed by atoms with Gasteiger partial charge >= 0.3 is 0 Å². The average molecular weight is 350 g/mol. The van der Waals surface area contributed by atoms with Crippen LogP contribution in [0.1, 0.15) is 24.8 Å². The molecule has 0 aromatic carbocycles. The summed E-state index contributed by atoms with van der Waals surface area (Å²) in [5.41, 5.74) is 0.166. The summed E-state index contributed by atoms with van der Waals surface area (Å²) < 4.78 is 5.08. The van der Waals surface area contributed by atoms with Gasteiger partial charge in [0.25, 0.3) is 0 Å². The molecule has 0 radical (unpaired) electrons. The van der Waals surface area contributed by atoms with Gasteiger partial charge in [-0.1, -0.05) is 6.07 Å². The van der Waals surface area contributed by atoms with Crippen LogP contribution in [0.2, 0.25) is 0 Å². The Morgan fingerprint density at radius 1 is 1.52 bits per heavy atom. The number of ether oxygens (including phenoxy) is 1. The van der Waals surface area contributed by atoms with E-state index in [0.717, 1.165) is 37.4 Å². The lowest BCUT2D eigenvalue weighted by Crippen LogP contribution is -2.49. The van der Waals surface area contributed by atoms with E-state index in [-0.39, 0.29) is 12.3 Å². The molecule has 1 atom stereocenters. The van der Waals surface area contributed by atoms with Crippen molar-refractivity contribution < 1.29 is 14.6 Å². The highest BCUT2D eigenvalue weighted by Gasteiger charge is 2.35. The Morgan fingerprint density at radius 2 is 2.32 bits per heavy atom. The van der Waals surface area contributed by atoms with Gasteiger partial charge in [0.05, 0.1) is 18.6 Å². The lowest BCUT2D eigenvalue weighted by molar-refractivity contribution is -0.128. The largest absolute Gasteiger partial charge is 0.388 e. The molecule has 25 heavy (non-hydrogen) atoms. The van der Waals surface area contributed by atoms with Crippen LogP contribution in [0.25, 0.3) is 0 Å². The Labute approximate surface area is 150 Å². The Bertz CT molecular complexity index is 552. The van der Waals surface area contributed by atoms with Crippen molar-refractivity contribution in [1.29, 1.82) is 0 Å². The molecule has 2 heterocycles. The second-order valence-electron chi connectivity index (χ2n) is 6.83. The van der Waals surface area contributed by atoms with Gasteiger partial charge in [0.1, 0.15) is 5.82 Å². The van der Waals surface area contributed by atoms with Gasteiger partial charge in [-0.15, -0.1) is 0 Å². The molecule has 1 aromatic heterocycles. The first-order valence-electron chi connectivity index (χ1n) is 8.76. The third-order valence-corrected chi connectivity index (χ3v) is 4.64. The summed E-state index contributed by atoms with van der Waals surface area (Å²) in [6, 6.07) is 4.07. The Balaban J connectivity index is 1.91. The van der Waals surface area contributed by atoms with Crippen LogP contribution < -0.4 is 10.2 Å². The van der Waals surface area contributed by atoms with Crippen LogP contribution in [-0.4, -0.2) is 73.9 Å². The number of carbonyl (C=O) groups excluding carboxylic acids is 1. The molecule has 7 nitrogen and oxygen atoms in total. The number of rotatable bonds is 8. The van der Waals surface area contributed by atoms with Gasteiger partial charge in [0.15, 0.2) is 0 Å². The van der Waals surface area contributed by atoms with E-state index in [9.17, 15) is 9.90 Å². The number of anilines is 1. The molecule has 1 amide bonds. The van der Waals surface area contributed by atoms with Crippen LogP contribution in [-0.2, 0) is 16.1 Å². The third kappa shape index (κ3) is 5.95. The number of nitrogens with one attached hydrogen (secondary N) is 1. The lowest BCUT2D eigenvalue weighted by atomic mass is 9.89. The highest BCUT2D eigenvalue weighted by atomic mass is 16.5. The third-order valence-electron chi connectivity index (χ3n) is 4.64. The number of pyridine rings is 1. The van der Waals surface area contributed by atoms with Crippen molar-refractivity contribution in [2.24, 2.45) is 0 Å². The molecule has 1 aromatic rings. The maximum Gasteiger partial charge on any atom is 0.222 e. The maximum atomic E-state index is 11.6. The molecule has 7 heteroatoms. The molecular formula is C18H30N4O3. The number of β-amino-alcohol motifs (C(OH)–C–C–N with tert-alkyl or cyclic N) is 1. The van der Waals surface area contributed by atoms with E-state index in [2.05, 4.69) is 26.2 Å². The predicted octanol–water partition coefficient (Wildman–Crippen LogP) is 0.627. The molecule has 2 N–H and O–H groups in total. The quantitative estimate of drug-likeness (QED) is 0.716. The average Bonchev–Trinajstić information content (AvgIpc) is 2.60. The standard InChI is InChI=1S/C18H30N4O3/c1-19-17(23)11-18(24)7-4-8-22(14-18)13-15-5-6-16(20-12-15)21(2)9-10-25-3/h5-6,12,24H,4,7-11,13-14H2,1-3H3,(H,19,23). The van der Waals surface area contributed by atoms with Crippen LogP contribution in [0, 0.1) is 0 Å². The first kappa shape index (κ1) is 19.6. The summed E-state index contributed by atoms with van der Waals surface area (Å²) in [5, 5.41) is 13.3. The van der Waals surface area contributed by atoms with Crippen molar-refractivity contribution in [3.05, 3.63) is 23.9 Å². The van der Waals surface area contributed by atoms with E-state index in [1.807, 2.05) is 19.3 Å². The number of hydrogen-bond donors (Lipinski definition) is 2. The fraction of sp³-hybridized carbons (Fsp3) is 0.667. The minimum atomic E-state index is -0.938. The number of piperidine rings is 1. The molecular weight excluding hydrogens is 320 g/mol. The van der Waals surface area contributed by atoms with Gasteiger partial charge in [0, 0.05) is 47.0 Å². The van der Waals surface area contributed by atoms with Crippen molar-refractivity contribution >= 4 is 11.7 Å². The minimum absolute atomic E-state index is 0.116. The summed E-state index contributed by atoms with van der Waals surface area (Å²) in [6.45, 7) is 3.62. The summed E-state index contributed by atoms with van der Waals surface area (Å²) in [5.74, 6) is 0.796. The molecule has 0 spiro atoms. The lowest BCUT2D eigenvalue weighted by Gasteiger charge is -2.38. The van der Waals surface area contributed by atoms with Crippen LogP contribution in [0.5, 0.6) is 0 Å². The van der Waals surface area contributed by atoms with Gasteiger partial charge in [-0.05, 0) is 31.0 Å². The number of aliphatic hydroxyl groups is 1. The smallest absolute Gasteiger partial charge is 0.222 e. The summed E-state index contributed by atoms with van der Waals surface area (Å²) in [4.78, 5) is 20.4. The van der Waals surface area contributed by atoms with E-state index < -0.39 is 5.60 Å². The number of amides is 1. The predicted molar refractivity (Wildman–Crippen MR) is 97.5 cm³/mol. The van der Waals surface area contributed by atoms with Crippen molar-refractivity contribution in [3.8, 4) is 0 Å². The number of aromatic nitrogens is 1. The zero-order valence-corrected chi connectivity index (χ0v) is 15.5. The Hall–Kier alpha value is -1.70. The fourth-order valence-electron chi connectivity index (χ4n) is 3.21. The van der Waals surface area contributed by atoms with E-state index in [4.69, 9.17) is 4.74 Å². The number of likely N-dealkylation sites (tertiary alicyclic amines) is 1. The van der Waals surface area contributed by atoms with Crippen LogP contribution in [0.15, 0.2) is 18.3 Å². The van der Waals surface area contributed by atoms with Crippen molar-refractivity contribution in [2.45, 2.75) is 31.4 Å². The summed E-state index contributed by atoms with van der Waals surface area (Å²) in [7, 11) is 5.28. The first-order chi connectivity index (χ1) is 12.0. The molecule has 1 aliphatic rings. The summed E-state index contributed by atoms with van der Waals surface area (Å²) in [6.07, 6.45) is 3.59. The van der Waals surface area contributed by atoms with E-state index >= 15 is 0 Å². The first-order valence-corrected chi connectivity index (χ1v) is 8.76. The van der Waals surface area contributed by atoms with Crippen LogP contribution in [0.3, 0.4) is 0 Å². The van der Waals surface area contributed by atoms with Crippen LogP contribution >= 0.6 is 0 Å². The monoisotopic (exact) mass is 350 g/mol. The van der Waals surface area contributed by atoms with Gasteiger partial charge < -0.3 is 20.1 Å². The van der Waals surface area contributed by atoms with Gasteiger partial charge in [-0.25, -0.2) is 4.98 Å². The highest BCUT2D eigenvalue weighted by Crippen LogP contribution is 2.25. The molecule has 140 valence electrons. The van der Waals surface area contributed by atoms with Gasteiger partial charge in [-0.2, -0.15) is 0 Å². The molecule has 1 aliphatic heterocycles. The van der Waals surface area contributed by atoms with Gasteiger partial charge in [0.2, 0.25) is 5.91 Å². The highest BCUT2D eigenvalue weighted by molar-refractivity contribution is 5.76. The van der Waals surface area contributed by atoms with E-state index in [0.29, 0.717) is 19.6 Å². The SMILES string of the molecule is CNC(=O)CC1(O)CCCN(Cc2ccc(N(C)CCOC)nc2)C1. The molecule has 0 aliphatic carbocycles. The Kier molecular flexibility index (Phi) is 7.16. The normalized spacial score (nSPS) is 21.1. The van der Waals surface area contributed by atoms with Crippen molar-refractivity contribution in [1.82, 2.24) is 15.2 Å². The molecule has 0 bridgehead atoms. The van der Waals surface area contributed by atoms with Crippen molar-refractivity contribution in [3.63, 3.8) is 0 Å². The van der Waals surface area contributed by atoms with Crippen molar-refractivity contribution in [2.75, 3.05) is 52.3 Å².